The van der Waals surface area contributed by atoms with E-state index in [1.54, 1.807) is 30.3 Å². The molecule has 0 amide bonds. The van der Waals surface area contributed by atoms with Gasteiger partial charge in [0.1, 0.15) is 4.90 Å². The van der Waals surface area contributed by atoms with Crippen molar-refractivity contribution in [2.45, 2.75) is 31.3 Å². The van der Waals surface area contributed by atoms with Gasteiger partial charge in [0.2, 0.25) is 0 Å². The van der Waals surface area contributed by atoms with E-state index in [2.05, 4.69) is 0 Å². The van der Waals surface area contributed by atoms with Gasteiger partial charge in [-0.3, -0.25) is 0 Å². The van der Waals surface area contributed by atoms with E-state index in [0.717, 1.165) is 12.8 Å². The molecule has 5 nitrogen and oxygen atoms in total. The normalized spacial score (nSPS) is 11.2. The van der Waals surface area contributed by atoms with E-state index in [-0.39, 0.29) is 23.0 Å². The third kappa shape index (κ3) is 4.46. The van der Waals surface area contributed by atoms with Crippen molar-refractivity contribution in [2.24, 2.45) is 0 Å². The van der Waals surface area contributed by atoms with Crippen LogP contribution >= 0.6 is 0 Å². The molecule has 0 spiro atoms. The van der Waals surface area contributed by atoms with Gasteiger partial charge in [0, 0.05) is 5.56 Å². The van der Waals surface area contributed by atoms with Gasteiger partial charge in [0.05, 0.1) is 13.2 Å². The van der Waals surface area contributed by atoms with E-state index in [9.17, 15) is 13.5 Å². The Morgan fingerprint density at radius 1 is 1.04 bits per heavy atom. The molecule has 0 unspecified atom stereocenters. The van der Waals surface area contributed by atoms with Crippen LogP contribution < -0.4 is 8.92 Å². The molecule has 0 bridgehead atoms. The Morgan fingerprint density at radius 3 is 2.43 bits per heavy atom. The number of aliphatic hydroxyl groups excluding tert-OH is 1. The monoisotopic (exact) mass is 336 g/mol. The molecule has 0 fully saturated rings. The van der Waals surface area contributed by atoms with Crippen LogP contribution in [0.1, 0.15) is 25.3 Å². The highest BCUT2D eigenvalue weighted by atomic mass is 32.2. The molecule has 1 N–H and O–H groups in total. The first-order chi connectivity index (χ1) is 11.1. The Balaban J connectivity index is 2.32. The molecule has 0 aliphatic rings. The van der Waals surface area contributed by atoms with Crippen LogP contribution in [0.25, 0.3) is 0 Å². The van der Waals surface area contributed by atoms with Crippen molar-refractivity contribution >= 4 is 10.1 Å². The van der Waals surface area contributed by atoms with Crippen LogP contribution in [0.5, 0.6) is 11.5 Å². The Hall–Kier alpha value is -2.05. The quantitative estimate of drug-likeness (QED) is 0.592. The molecule has 0 heterocycles. The Labute approximate surface area is 136 Å². The highest BCUT2D eigenvalue weighted by Crippen LogP contribution is 2.33. The van der Waals surface area contributed by atoms with Crippen LogP contribution in [0.4, 0.5) is 0 Å². The van der Waals surface area contributed by atoms with Crippen molar-refractivity contribution in [1.29, 1.82) is 0 Å². The average molecular weight is 336 g/mol. The molecule has 2 rings (SSSR count). The van der Waals surface area contributed by atoms with Crippen molar-refractivity contribution in [2.75, 3.05) is 6.61 Å². The van der Waals surface area contributed by atoms with Crippen molar-refractivity contribution in [1.82, 2.24) is 0 Å². The summed E-state index contributed by atoms with van der Waals surface area (Å²) in [6.45, 7) is 2.19. The van der Waals surface area contributed by atoms with Gasteiger partial charge in [0.25, 0.3) is 0 Å². The molecule has 2 aromatic carbocycles. The Kier molecular flexibility index (Phi) is 6.01. The van der Waals surface area contributed by atoms with Gasteiger partial charge in [-0.15, -0.1) is 0 Å². The van der Waals surface area contributed by atoms with E-state index in [4.69, 9.17) is 8.92 Å². The smallest absolute Gasteiger partial charge is 0.339 e. The zero-order chi connectivity index (χ0) is 16.7. The maximum Gasteiger partial charge on any atom is 0.339 e. The molecule has 6 heteroatoms. The number of hydrogen-bond donors (Lipinski definition) is 1. The minimum absolute atomic E-state index is 0.0638. The first kappa shape index (κ1) is 17.3. The van der Waals surface area contributed by atoms with E-state index in [1.165, 1.54) is 18.2 Å². The lowest BCUT2D eigenvalue weighted by Crippen LogP contribution is -2.11. The summed E-state index contributed by atoms with van der Waals surface area (Å²) in [5, 5.41) is 9.43. The lowest BCUT2D eigenvalue weighted by Gasteiger charge is -2.15. The fourth-order valence-electron chi connectivity index (χ4n) is 1.99. The van der Waals surface area contributed by atoms with Crippen LogP contribution in [-0.4, -0.2) is 20.1 Å². The molecule has 0 aliphatic carbocycles. The topological polar surface area (TPSA) is 72.8 Å². The lowest BCUT2D eigenvalue weighted by atomic mass is 10.2. The minimum Gasteiger partial charge on any atom is -0.489 e. The van der Waals surface area contributed by atoms with E-state index < -0.39 is 10.1 Å². The van der Waals surface area contributed by atoms with Crippen molar-refractivity contribution in [3.05, 3.63) is 54.1 Å². The number of para-hydroxylation sites is 1. The first-order valence-corrected chi connectivity index (χ1v) is 8.84. The molecular weight excluding hydrogens is 316 g/mol. The maximum absolute atomic E-state index is 12.3. The predicted octanol–water partition coefficient (Wildman–Crippen LogP) is 3.13. The van der Waals surface area contributed by atoms with Crippen LogP contribution in [0.2, 0.25) is 0 Å². The Morgan fingerprint density at radius 2 is 1.78 bits per heavy atom. The minimum atomic E-state index is -3.95. The third-order valence-electron chi connectivity index (χ3n) is 3.21. The zero-order valence-electron chi connectivity index (χ0n) is 12.9. The zero-order valence-corrected chi connectivity index (χ0v) is 13.8. The summed E-state index contributed by atoms with van der Waals surface area (Å²) in [6.07, 6.45) is 1.77. The van der Waals surface area contributed by atoms with Gasteiger partial charge in [-0.1, -0.05) is 43.7 Å². The molecule has 0 saturated carbocycles. The standard InChI is InChI=1S/C17H20O5S/c1-2-3-12-21-17-14(13-18)8-7-11-16(17)22-23(19,20)15-9-5-4-6-10-15/h4-11,18H,2-3,12-13H2,1H3. The highest BCUT2D eigenvalue weighted by Gasteiger charge is 2.20. The maximum atomic E-state index is 12.3. The SMILES string of the molecule is CCCCOc1c(CO)cccc1OS(=O)(=O)c1ccccc1. The van der Waals surface area contributed by atoms with Gasteiger partial charge in [-0.2, -0.15) is 8.42 Å². The molecule has 0 radical (unpaired) electrons. The van der Waals surface area contributed by atoms with Gasteiger partial charge in [-0.05, 0) is 24.6 Å². The first-order valence-electron chi connectivity index (χ1n) is 7.43. The molecule has 124 valence electrons. The lowest BCUT2D eigenvalue weighted by molar-refractivity contribution is 0.257. The summed E-state index contributed by atoms with van der Waals surface area (Å²) in [7, 11) is -3.95. The van der Waals surface area contributed by atoms with E-state index in [0.29, 0.717) is 12.2 Å². The third-order valence-corrected chi connectivity index (χ3v) is 4.45. The van der Waals surface area contributed by atoms with Gasteiger partial charge < -0.3 is 14.0 Å². The number of hydrogen-bond acceptors (Lipinski definition) is 5. The largest absolute Gasteiger partial charge is 0.489 e. The second-order valence-corrected chi connectivity index (χ2v) is 6.50. The van der Waals surface area contributed by atoms with E-state index >= 15 is 0 Å². The van der Waals surface area contributed by atoms with Crippen molar-refractivity contribution in [3.8, 4) is 11.5 Å². The second-order valence-electron chi connectivity index (χ2n) is 4.96. The second kappa shape index (κ2) is 7.99. The van der Waals surface area contributed by atoms with Gasteiger partial charge >= 0.3 is 10.1 Å². The summed E-state index contributed by atoms with van der Waals surface area (Å²) in [5.74, 6) is 0.347. The molecule has 23 heavy (non-hydrogen) atoms. The number of benzene rings is 2. The van der Waals surface area contributed by atoms with Crippen LogP contribution in [0, 0.1) is 0 Å². The molecule has 0 saturated heterocycles. The highest BCUT2D eigenvalue weighted by molar-refractivity contribution is 7.87. The number of rotatable bonds is 8. The van der Waals surface area contributed by atoms with Crippen LogP contribution in [0.15, 0.2) is 53.4 Å². The summed E-state index contributed by atoms with van der Waals surface area (Å²) < 4.78 is 35.5. The summed E-state index contributed by atoms with van der Waals surface area (Å²) in [4.78, 5) is 0.0638. The van der Waals surface area contributed by atoms with Crippen LogP contribution in [0.3, 0.4) is 0 Å². The fraction of sp³-hybridized carbons (Fsp3) is 0.294. The summed E-state index contributed by atoms with van der Waals surface area (Å²) in [6, 6.07) is 12.7. The van der Waals surface area contributed by atoms with Crippen molar-refractivity contribution < 1.29 is 22.4 Å². The Bertz CT molecular complexity index is 726. The molecule has 0 aliphatic heterocycles. The molecular formula is C17H20O5S. The van der Waals surface area contributed by atoms with Gasteiger partial charge in [0.15, 0.2) is 11.5 Å². The fourth-order valence-corrected chi connectivity index (χ4v) is 2.94. The van der Waals surface area contributed by atoms with Crippen molar-refractivity contribution in [3.63, 3.8) is 0 Å². The molecule has 0 atom stereocenters. The predicted molar refractivity (Wildman–Crippen MR) is 87.0 cm³/mol. The number of aliphatic hydroxyl groups is 1. The van der Waals surface area contributed by atoms with Gasteiger partial charge in [-0.25, -0.2) is 0 Å². The summed E-state index contributed by atoms with van der Waals surface area (Å²) >= 11 is 0. The summed E-state index contributed by atoms with van der Waals surface area (Å²) in [5.41, 5.74) is 0.488. The van der Waals surface area contributed by atoms with E-state index in [1.807, 2.05) is 6.92 Å². The number of unbranched alkanes of at least 4 members (excludes halogenated alkanes) is 1. The molecule has 0 aromatic heterocycles. The molecule has 2 aromatic rings. The van der Waals surface area contributed by atoms with Crippen LogP contribution in [-0.2, 0) is 16.7 Å². The average Bonchev–Trinajstić information content (AvgIpc) is 2.56. The number of ether oxygens (including phenoxy) is 1.